The fraction of sp³-hybridized carbons (Fsp3) is 0.650. The van der Waals surface area contributed by atoms with E-state index in [4.69, 9.17) is 0 Å². The predicted octanol–water partition coefficient (Wildman–Crippen LogP) is 3.66. The first-order chi connectivity index (χ1) is 11.7. The molecule has 2 atom stereocenters. The molecule has 2 saturated heterocycles. The van der Waals surface area contributed by atoms with Crippen molar-refractivity contribution < 1.29 is 4.79 Å². The molecule has 0 radical (unpaired) electrons. The van der Waals surface area contributed by atoms with Crippen molar-refractivity contribution in [1.82, 2.24) is 15.5 Å². The summed E-state index contributed by atoms with van der Waals surface area (Å²) < 4.78 is 0. The number of benzene rings is 1. The molecule has 0 bridgehead atoms. The smallest absolute Gasteiger partial charge is 0.221 e. The molecule has 1 aromatic rings. The lowest BCUT2D eigenvalue weighted by Gasteiger charge is -2.33. The molecular weight excluding hydrogens is 369 g/mol. The van der Waals surface area contributed by atoms with Crippen LogP contribution in [0.5, 0.6) is 0 Å². The molecule has 2 heterocycles. The van der Waals surface area contributed by atoms with E-state index in [-0.39, 0.29) is 30.7 Å². The summed E-state index contributed by atoms with van der Waals surface area (Å²) in [5.74, 6) is 0.153. The van der Waals surface area contributed by atoms with Crippen molar-refractivity contribution in [2.24, 2.45) is 0 Å². The highest BCUT2D eigenvalue weighted by Crippen LogP contribution is 2.19. The largest absolute Gasteiger partial charge is 0.352 e. The van der Waals surface area contributed by atoms with Gasteiger partial charge in [-0.2, -0.15) is 0 Å². The van der Waals surface area contributed by atoms with Crippen LogP contribution in [0.4, 0.5) is 0 Å². The Bertz CT molecular complexity index is 532. The van der Waals surface area contributed by atoms with Crippen LogP contribution in [0.2, 0.25) is 0 Å². The topological polar surface area (TPSA) is 44.4 Å². The number of nitrogens with one attached hydrogen (secondary N) is 2. The van der Waals surface area contributed by atoms with E-state index >= 15 is 0 Å². The average molecular weight is 402 g/mol. The van der Waals surface area contributed by atoms with Crippen molar-refractivity contribution in [3.05, 3.63) is 35.4 Å². The molecule has 0 saturated carbocycles. The predicted molar refractivity (Wildman–Crippen MR) is 112 cm³/mol. The quantitative estimate of drug-likeness (QED) is 0.763. The van der Waals surface area contributed by atoms with Crippen molar-refractivity contribution in [1.29, 1.82) is 0 Å². The number of amides is 1. The van der Waals surface area contributed by atoms with Gasteiger partial charge in [0.2, 0.25) is 5.91 Å². The van der Waals surface area contributed by atoms with Crippen molar-refractivity contribution in [2.45, 2.75) is 70.6 Å². The average Bonchev–Trinajstić information content (AvgIpc) is 3.09. The van der Waals surface area contributed by atoms with E-state index in [1.165, 1.54) is 43.4 Å². The van der Waals surface area contributed by atoms with Crippen molar-refractivity contribution in [3.63, 3.8) is 0 Å². The van der Waals surface area contributed by atoms with Crippen LogP contribution < -0.4 is 10.6 Å². The Kier molecular flexibility index (Phi) is 10.6. The molecule has 1 amide bonds. The van der Waals surface area contributed by atoms with Gasteiger partial charge in [-0.3, -0.25) is 9.69 Å². The number of hydrogen-bond acceptors (Lipinski definition) is 3. The van der Waals surface area contributed by atoms with E-state index in [0.717, 1.165) is 19.5 Å². The second-order valence-corrected chi connectivity index (χ2v) is 7.41. The highest BCUT2D eigenvalue weighted by molar-refractivity contribution is 5.85. The number of carbonyl (C=O) groups excluding carboxylic acids is 1. The molecule has 0 spiro atoms. The molecule has 2 unspecified atom stereocenters. The van der Waals surface area contributed by atoms with Gasteiger partial charge in [0.05, 0.1) is 0 Å². The lowest BCUT2D eigenvalue weighted by atomic mass is 10.0. The molecule has 1 aromatic carbocycles. The third-order valence-corrected chi connectivity index (χ3v) is 5.43. The number of likely N-dealkylation sites (tertiary alicyclic amines) is 1. The van der Waals surface area contributed by atoms with Gasteiger partial charge in [-0.15, -0.1) is 24.8 Å². The molecule has 2 aliphatic rings. The standard InChI is InChI=1S/C20H31N3O.2ClH/c1-16-5-2-3-12-23(16)15-18-9-7-17(8-10-18)14-22-20(24)13-19-6-4-11-21-19;;/h7-10,16,19,21H,2-6,11-15H2,1H3,(H,22,24);2*1H. The maximum Gasteiger partial charge on any atom is 0.221 e. The molecule has 3 rings (SSSR count). The van der Waals surface area contributed by atoms with Crippen molar-refractivity contribution in [3.8, 4) is 0 Å². The third kappa shape index (κ3) is 7.07. The van der Waals surface area contributed by atoms with Gasteiger partial charge in [-0.1, -0.05) is 30.7 Å². The van der Waals surface area contributed by atoms with Gasteiger partial charge in [0.1, 0.15) is 0 Å². The minimum atomic E-state index is 0. The molecule has 6 heteroatoms. The Morgan fingerprint density at radius 2 is 1.85 bits per heavy atom. The number of hydrogen-bond donors (Lipinski definition) is 2. The number of piperidine rings is 1. The number of rotatable bonds is 6. The minimum absolute atomic E-state index is 0. The van der Waals surface area contributed by atoms with Crippen LogP contribution in [-0.4, -0.2) is 36.0 Å². The second kappa shape index (κ2) is 11.8. The van der Waals surface area contributed by atoms with Gasteiger partial charge in [0, 0.05) is 31.6 Å². The fourth-order valence-corrected chi connectivity index (χ4v) is 3.82. The lowest BCUT2D eigenvalue weighted by Crippen LogP contribution is -2.36. The van der Waals surface area contributed by atoms with Crippen LogP contribution in [0.1, 0.15) is 56.6 Å². The normalized spacial score (nSPS) is 23.0. The van der Waals surface area contributed by atoms with Gasteiger partial charge < -0.3 is 10.6 Å². The lowest BCUT2D eigenvalue weighted by molar-refractivity contribution is -0.121. The van der Waals surface area contributed by atoms with E-state index in [9.17, 15) is 4.79 Å². The van der Waals surface area contributed by atoms with E-state index in [1.54, 1.807) is 0 Å². The summed E-state index contributed by atoms with van der Waals surface area (Å²) in [6.07, 6.45) is 6.92. The second-order valence-electron chi connectivity index (χ2n) is 7.41. The zero-order valence-electron chi connectivity index (χ0n) is 15.7. The highest BCUT2D eigenvalue weighted by atomic mass is 35.5. The summed E-state index contributed by atoms with van der Waals surface area (Å²) in [5, 5.41) is 6.41. The number of carbonyl (C=O) groups is 1. The van der Waals surface area contributed by atoms with Gasteiger partial charge in [-0.05, 0) is 56.8 Å². The van der Waals surface area contributed by atoms with Crippen LogP contribution in [0.3, 0.4) is 0 Å². The van der Waals surface area contributed by atoms with Crippen LogP contribution in [-0.2, 0) is 17.9 Å². The molecule has 2 fully saturated rings. The Labute approximate surface area is 170 Å². The van der Waals surface area contributed by atoms with E-state index in [2.05, 4.69) is 46.7 Å². The van der Waals surface area contributed by atoms with Gasteiger partial charge in [0.25, 0.3) is 0 Å². The Morgan fingerprint density at radius 1 is 1.12 bits per heavy atom. The maximum atomic E-state index is 12.0. The first-order valence-corrected chi connectivity index (χ1v) is 9.52. The summed E-state index contributed by atoms with van der Waals surface area (Å²) in [6.45, 7) is 6.28. The molecule has 2 aliphatic heterocycles. The summed E-state index contributed by atoms with van der Waals surface area (Å²) in [7, 11) is 0. The van der Waals surface area contributed by atoms with Crippen LogP contribution in [0.15, 0.2) is 24.3 Å². The first-order valence-electron chi connectivity index (χ1n) is 9.52. The van der Waals surface area contributed by atoms with Crippen LogP contribution in [0, 0.1) is 0 Å². The Hall–Kier alpha value is -0.810. The van der Waals surface area contributed by atoms with Gasteiger partial charge in [0.15, 0.2) is 0 Å². The molecule has 0 aliphatic carbocycles. The molecule has 4 nitrogen and oxygen atoms in total. The number of halogens is 2. The number of nitrogens with zero attached hydrogens (tertiary/aromatic N) is 1. The van der Waals surface area contributed by atoms with Crippen molar-refractivity contribution >= 4 is 30.7 Å². The molecular formula is C20H33Cl2N3O. The summed E-state index contributed by atoms with van der Waals surface area (Å²) in [4.78, 5) is 14.6. The SMILES string of the molecule is CC1CCCCN1Cc1ccc(CNC(=O)CC2CCCN2)cc1.Cl.Cl. The molecule has 26 heavy (non-hydrogen) atoms. The fourth-order valence-electron chi connectivity index (χ4n) is 3.82. The zero-order chi connectivity index (χ0) is 16.8. The monoisotopic (exact) mass is 401 g/mol. The van der Waals surface area contributed by atoms with Gasteiger partial charge in [-0.25, -0.2) is 0 Å². The summed E-state index contributed by atoms with van der Waals surface area (Å²) in [6, 6.07) is 9.79. The minimum Gasteiger partial charge on any atom is -0.352 e. The van der Waals surface area contributed by atoms with Gasteiger partial charge >= 0.3 is 0 Å². The van der Waals surface area contributed by atoms with Crippen molar-refractivity contribution in [2.75, 3.05) is 13.1 Å². The summed E-state index contributed by atoms with van der Waals surface area (Å²) >= 11 is 0. The Balaban J connectivity index is 0.00000169. The molecule has 0 aromatic heterocycles. The van der Waals surface area contributed by atoms with E-state index in [1.807, 2.05) is 0 Å². The third-order valence-electron chi connectivity index (χ3n) is 5.43. The highest BCUT2D eigenvalue weighted by Gasteiger charge is 2.18. The first kappa shape index (κ1) is 23.2. The molecule has 148 valence electrons. The summed E-state index contributed by atoms with van der Waals surface area (Å²) in [5.41, 5.74) is 2.55. The Morgan fingerprint density at radius 3 is 2.50 bits per heavy atom. The molecule has 2 N–H and O–H groups in total. The maximum absolute atomic E-state index is 12.0. The van der Waals surface area contributed by atoms with Crippen LogP contribution in [0.25, 0.3) is 0 Å². The van der Waals surface area contributed by atoms with Crippen LogP contribution >= 0.6 is 24.8 Å². The van der Waals surface area contributed by atoms with E-state index in [0.29, 0.717) is 25.0 Å². The van der Waals surface area contributed by atoms with E-state index < -0.39 is 0 Å². The zero-order valence-corrected chi connectivity index (χ0v) is 17.3.